The average Bonchev–Trinajstić information content (AvgIpc) is 2.75. The third-order valence-corrected chi connectivity index (χ3v) is 6.37. The first-order chi connectivity index (χ1) is 13.5. The number of para-hydroxylation sites is 1. The summed E-state index contributed by atoms with van der Waals surface area (Å²) in [5.74, 6) is -0.115. The van der Waals surface area contributed by atoms with Crippen LogP contribution in [0.15, 0.2) is 89.8 Å². The maximum atomic E-state index is 13.2. The number of amides is 1. The molecule has 3 aromatic rings. The highest BCUT2D eigenvalue weighted by Crippen LogP contribution is 2.19. The van der Waals surface area contributed by atoms with Crippen molar-refractivity contribution in [2.24, 2.45) is 0 Å². The lowest BCUT2D eigenvalue weighted by atomic mass is 10.1. The van der Waals surface area contributed by atoms with E-state index in [4.69, 9.17) is 0 Å². The van der Waals surface area contributed by atoms with Crippen LogP contribution in [0.3, 0.4) is 0 Å². The van der Waals surface area contributed by atoms with E-state index in [2.05, 4.69) is 0 Å². The Morgan fingerprint density at radius 2 is 1.39 bits per heavy atom. The van der Waals surface area contributed by atoms with Crippen molar-refractivity contribution in [3.63, 3.8) is 0 Å². The fraction of sp³-hybridized carbons (Fsp3) is 0.174. The van der Waals surface area contributed by atoms with Crippen LogP contribution in [0.1, 0.15) is 22.8 Å². The molecular weight excluding hydrogens is 370 g/mol. The fourth-order valence-corrected chi connectivity index (χ4v) is 3.85. The normalized spacial score (nSPS) is 11.2. The lowest BCUT2D eigenvalue weighted by molar-refractivity contribution is 0.0987. The number of nitrogens with zero attached hydrogens (tertiary/aromatic N) is 1. The van der Waals surface area contributed by atoms with E-state index < -0.39 is 9.84 Å². The molecule has 0 radical (unpaired) electrons. The summed E-state index contributed by atoms with van der Waals surface area (Å²) in [6.07, 6.45) is 0.726. The van der Waals surface area contributed by atoms with Gasteiger partial charge in [-0.3, -0.25) is 4.79 Å². The van der Waals surface area contributed by atoms with E-state index in [1.54, 1.807) is 24.0 Å². The highest BCUT2D eigenvalue weighted by atomic mass is 32.2. The topological polar surface area (TPSA) is 54.5 Å². The Morgan fingerprint density at radius 1 is 0.821 bits per heavy atom. The monoisotopic (exact) mass is 393 g/mol. The van der Waals surface area contributed by atoms with E-state index in [1.165, 1.54) is 12.1 Å². The van der Waals surface area contributed by atoms with Crippen LogP contribution in [0.2, 0.25) is 0 Å². The summed E-state index contributed by atoms with van der Waals surface area (Å²) in [5.41, 5.74) is 2.43. The average molecular weight is 394 g/mol. The van der Waals surface area contributed by atoms with Gasteiger partial charge in [-0.2, -0.15) is 0 Å². The highest BCUT2D eigenvalue weighted by Gasteiger charge is 2.19. The first kappa shape index (κ1) is 19.8. The van der Waals surface area contributed by atoms with Gasteiger partial charge in [-0.1, -0.05) is 55.5 Å². The first-order valence-corrected chi connectivity index (χ1v) is 10.9. The first-order valence-electron chi connectivity index (χ1n) is 9.25. The van der Waals surface area contributed by atoms with E-state index in [0.29, 0.717) is 12.1 Å². The molecule has 0 spiro atoms. The van der Waals surface area contributed by atoms with Crippen LogP contribution in [-0.2, 0) is 16.3 Å². The lowest BCUT2D eigenvalue weighted by Gasteiger charge is -2.23. The molecule has 0 N–H and O–H groups in total. The Morgan fingerprint density at radius 3 is 1.96 bits per heavy atom. The molecule has 0 aliphatic carbocycles. The minimum Gasteiger partial charge on any atom is -0.308 e. The smallest absolute Gasteiger partial charge is 0.258 e. The van der Waals surface area contributed by atoms with Gasteiger partial charge in [0.25, 0.3) is 5.91 Å². The van der Waals surface area contributed by atoms with Gasteiger partial charge < -0.3 is 4.90 Å². The van der Waals surface area contributed by atoms with E-state index in [1.807, 2.05) is 60.7 Å². The summed E-state index contributed by atoms with van der Waals surface area (Å²) < 4.78 is 24.0. The number of carbonyl (C=O) groups is 1. The Kier molecular flexibility index (Phi) is 6.26. The van der Waals surface area contributed by atoms with Crippen LogP contribution in [0, 0.1) is 0 Å². The molecule has 0 unspecified atom stereocenters. The lowest BCUT2D eigenvalue weighted by Crippen LogP contribution is -2.33. The third-order valence-electron chi connectivity index (χ3n) is 4.62. The summed E-state index contributed by atoms with van der Waals surface area (Å²) in [5, 5.41) is 0. The molecular formula is C23H23NO3S. The largest absolute Gasteiger partial charge is 0.308 e. The second-order valence-corrected chi connectivity index (χ2v) is 8.73. The molecule has 0 saturated carbocycles. The van der Waals surface area contributed by atoms with Gasteiger partial charge in [0.1, 0.15) is 0 Å². The van der Waals surface area contributed by atoms with Crippen LogP contribution in [-0.4, -0.2) is 26.6 Å². The summed E-state index contributed by atoms with van der Waals surface area (Å²) in [4.78, 5) is 15.1. The maximum absolute atomic E-state index is 13.2. The maximum Gasteiger partial charge on any atom is 0.258 e. The van der Waals surface area contributed by atoms with E-state index in [0.717, 1.165) is 17.7 Å². The molecule has 144 valence electrons. The molecule has 0 aromatic heterocycles. The van der Waals surface area contributed by atoms with Crippen LogP contribution >= 0.6 is 0 Å². The Balaban J connectivity index is 1.86. The number of hydrogen-bond acceptors (Lipinski definition) is 3. The number of rotatable bonds is 7. The molecule has 0 saturated heterocycles. The molecule has 0 aliphatic rings. The molecule has 3 aromatic carbocycles. The van der Waals surface area contributed by atoms with Gasteiger partial charge in [0.2, 0.25) is 0 Å². The van der Waals surface area contributed by atoms with Gasteiger partial charge in [0.15, 0.2) is 9.84 Å². The number of anilines is 1. The molecule has 0 heterocycles. The van der Waals surface area contributed by atoms with Crippen molar-refractivity contribution in [1.29, 1.82) is 0 Å². The van der Waals surface area contributed by atoms with Gasteiger partial charge in [0, 0.05) is 17.8 Å². The Bertz CT molecular complexity index is 1010. The van der Waals surface area contributed by atoms with Crippen molar-refractivity contribution >= 4 is 21.4 Å². The van der Waals surface area contributed by atoms with Gasteiger partial charge in [-0.25, -0.2) is 8.42 Å². The predicted molar refractivity (Wildman–Crippen MR) is 112 cm³/mol. The Labute approximate surface area is 166 Å². The molecule has 28 heavy (non-hydrogen) atoms. The number of carbonyl (C=O) groups excluding carboxylic acids is 1. The zero-order chi connectivity index (χ0) is 20.0. The number of sulfone groups is 1. The summed E-state index contributed by atoms with van der Waals surface area (Å²) in [6.45, 7) is 2.14. The van der Waals surface area contributed by atoms with Gasteiger partial charge in [-0.15, -0.1) is 0 Å². The van der Waals surface area contributed by atoms with E-state index in [-0.39, 0.29) is 16.6 Å². The highest BCUT2D eigenvalue weighted by molar-refractivity contribution is 7.91. The van der Waals surface area contributed by atoms with Crippen LogP contribution in [0.25, 0.3) is 0 Å². The molecule has 5 heteroatoms. The van der Waals surface area contributed by atoms with Crippen molar-refractivity contribution in [1.82, 2.24) is 0 Å². The number of hydrogen-bond donors (Lipinski definition) is 0. The van der Waals surface area contributed by atoms with Crippen LogP contribution in [0.4, 0.5) is 5.69 Å². The molecule has 0 atom stereocenters. The van der Waals surface area contributed by atoms with Gasteiger partial charge in [0.05, 0.1) is 10.6 Å². The molecule has 0 fully saturated rings. The van der Waals surface area contributed by atoms with E-state index >= 15 is 0 Å². The predicted octanol–water partition coefficient (Wildman–Crippen LogP) is 4.37. The van der Waals surface area contributed by atoms with Gasteiger partial charge in [-0.05, 0) is 48.4 Å². The minimum absolute atomic E-state index is 0.0352. The van der Waals surface area contributed by atoms with E-state index in [9.17, 15) is 13.2 Å². The van der Waals surface area contributed by atoms with Crippen molar-refractivity contribution in [3.8, 4) is 0 Å². The minimum atomic E-state index is -3.28. The fourth-order valence-electron chi connectivity index (χ4n) is 2.97. The standard InChI is InChI=1S/C23H23NO3S/c1-2-28(26,27)22-15-13-20(14-16-22)23(25)24(21-11-7-4-8-12-21)18-17-19-9-5-3-6-10-19/h3-16H,2,17-18H2,1H3. The quantitative estimate of drug-likeness (QED) is 0.599. The Hall–Kier alpha value is -2.92. The number of benzene rings is 3. The molecule has 0 bridgehead atoms. The molecule has 3 rings (SSSR count). The summed E-state index contributed by atoms with van der Waals surface area (Å²) in [7, 11) is -3.28. The van der Waals surface area contributed by atoms with Crippen LogP contribution < -0.4 is 4.90 Å². The third kappa shape index (κ3) is 4.67. The molecule has 0 aliphatic heterocycles. The SMILES string of the molecule is CCS(=O)(=O)c1ccc(C(=O)N(CCc2ccccc2)c2ccccc2)cc1. The summed E-state index contributed by atoms with van der Waals surface area (Å²) in [6, 6.07) is 25.7. The zero-order valence-corrected chi connectivity index (χ0v) is 16.6. The summed E-state index contributed by atoms with van der Waals surface area (Å²) >= 11 is 0. The zero-order valence-electron chi connectivity index (χ0n) is 15.8. The van der Waals surface area contributed by atoms with Crippen molar-refractivity contribution in [2.45, 2.75) is 18.2 Å². The van der Waals surface area contributed by atoms with Crippen molar-refractivity contribution in [2.75, 3.05) is 17.2 Å². The van der Waals surface area contributed by atoms with Gasteiger partial charge >= 0.3 is 0 Å². The van der Waals surface area contributed by atoms with Crippen LogP contribution in [0.5, 0.6) is 0 Å². The van der Waals surface area contributed by atoms with Crippen molar-refractivity contribution in [3.05, 3.63) is 96.1 Å². The second kappa shape index (κ2) is 8.85. The molecule has 4 nitrogen and oxygen atoms in total. The molecule has 1 amide bonds. The van der Waals surface area contributed by atoms with Crippen molar-refractivity contribution < 1.29 is 13.2 Å². The second-order valence-electron chi connectivity index (χ2n) is 6.46.